The zero-order chi connectivity index (χ0) is 17.2. The molecule has 4 heteroatoms. The molecule has 1 aliphatic rings. The van der Waals surface area contributed by atoms with E-state index in [1.54, 1.807) is 0 Å². The van der Waals surface area contributed by atoms with Crippen molar-refractivity contribution >= 4 is 28.2 Å². The van der Waals surface area contributed by atoms with Crippen molar-refractivity contribution in [1.82, 2.24) is 4.98 Å². The summed E-state index contributed by atoms with van der Waals surface area (Å²) < 4.78 is 0. The van der Waals surface area contributed by atoms with Crippen LogP contribution in [0.15, 0.2) is 54.7 Å². The first-order valence-corrected chi connectivity index (χ1v) is 8.92. The molecule has 3 nitrogen and oxygen atoms in total. The van der Waals surface area contributed by atoms with Crippen LogP contribution in [0.5, 0.6) is 0 Å². The molecule has 0 saturated carbocycles. The van der Waals surface area contributed by atoms with Crippen molar-refractivity contribution in [2.24, 2.45) is 0 Å². The SMILES string of the molecule is N#Cc1cccc(C2CCN(c3ccnc4cc(Cl)ccc34)CC2)c1. The van der Waals surface area contributed by atoms with E-state index in [1.165, 1.54) is 11.3 Å². The van der Waals surface area contributed by atoms with Gasteiger partial charge >= 0.3 is 0 Å². The fourth-order valence-electron chi connectivity index (χ4n) is 3.70. The molecule has 1 fully saturated rings. The fourth-order valence-corrected chi connectivity index (χ4v) is 3.86. The number of benzene rings is 2. The van der Waals surface area contributed by atoms with E-state index >= 15 is 0 Å². The molecule has 0 aliphatic carbocycles. The number of pyridine rings is 1. The first kappa shape index (κ1) is 15.9. The Bertz CT molecular complexity index is 953. The Kier molecular flexibility index (Phi) is 4.29. The molecule has 1 saturated heterocycles. The van der Waals surface area contributed by atoms with Gasteiger partial charge in [-0.15, -0.1) is 0 Å². The van der Waals surface area contributed by atoms with E-state index in [0.717, 1.165) is 42.4 Å². The minimum absolute atomic E-state index is 0.520. The molecule has 0 atom stereocenters. The van der Waals surface area contributed by atoms with Gasteiger partial charge in [0.1, 0.15) is 0 Å². The number of halogens is 1. The van der Waals surface area contributed by atoms with Gasteiger partial charge in [0.25, 0.3) is 0 Å². The molecular weight excluding hydrogens is 330 g/mol. The number of hydrogen-bond acceptors (Lipinski definition) is 3. The van der Waals surface area contributed by atoms with Crippen LogP contribution < -0.4 is 4.90 Å². The Labute approximate surface area is 152 Å². The number of nitriles is 1. The third-order valence-corrected chi connectivity index (χ3v) is 5.24. The fraction of sp³-hybridized carbons (Fsp3) is 0.238. The molecule has 124 valence electrons. The molecule has 2 aromatic carbocycles. The Balaban J connectivity index is 1.55. The van der Waals surface area contributed by atoms with E-state index in [1.807, 2.05) is 36.5 Å². The van der Waals surface area contributed by atoms with Crippen LogP contribution in [0.3, 0.4) is 0 Å². The van der Waals surface area contributed by atoms with E-state index in [9.17, 15) is 0 Å². The summed E-state index contributed by atoms with van der Waals surface area (Å²) >= 11 is 6.09. The first-order chi connectivity index (χ1) is 12.2. The van der Waals surface area contributed by atoms with Crippen LogP contribution in [-0.2, 0) is 0 Å². The second kappa shape index (κ2) is 6.74. The number of hydrogen-bond donors (Lipinski definition) is 0. The number of nitrogens with zero attached hydrogens (tertiary/aromatic N) is 3. The van der Waals surface area contributed by atoms with Crippen LogP contribution >= 0.6 is 11.6 Å². The predicted molar refractivity (Wildman–Crippen MR) is 102 cm³/mol. The number of piperidine rings is 1. The minimum Gasteiger partial charge on any atom is -0.371 e. The maximum atomic E-state index is 9.10. The van der Waals surface area contributed by atoms with Crippen LogP contribution in [0.25, 0.3) is 10.9 Å². The molecule has 0 spiro atoms. The van der Waals surface area contributed by atoms with E-state index in [-0.39, 0.29) is 0 Å². The van der Waals surface area contributed by atoms with E-state index in [2.05, 4.69) is 34.2 Å². The second-order valence-corrected chi connectivity index (χ2v) is 6.93. The van der Waals surface area contributed by atoms with Crippen LogP contribution in [0.1, 0.15) is 29.9 Å². The van der Waals surface area contributed by atoms with Crippen molar-refractivity contribution in [1.29, 1.82) is 5.26 Å². The molecule has 0 amide bonds. The molecule has 2 heterocycles. The number of aromatic nitrogens is 1. The largest absolute Gasteiger partial charge is 0.371 e. The maximum Gasteiger partial charge on any atom is 0.0991 e. The lowest BCUT2D eigenvalue weighted by molar-refractivity contribution is 0.506. The van der Waals surface area contributed by atoms with Gasteiger partial charge in [-0.25, -0.2) is 0 Å². The number of rotatable bonds is 2. The van der Waals surface area contributed by atoms with Gasteiger partial charge < -0.3 is 4.90 Å². The topological polar surface area (TPSA) is 39.9 Å². The quantitative estimate of drug-likeness (QED) is 0.644. The highest BCUT2D eigenvalue weighted by atomic mass is 35.5. The van der Waals surface area contributed by atoms with Gasteiger partial charge in [0, 0.05) is 35.4 Å². The molecular formula is C21H18ClN3. The summed E-state index contributed by atoms with van der Waals surface area (Å²) in [4.78, 5) is 6.87. The summed E-state index contributed by atoms with van der Waals surface area (Å²) in [6.07, 6.45) is 4.04. The normalized spacial score (nSPS) is 15.3. The summed E-state index contributed by atoms with van der Waals surface area (Å²) in [6.45, 7) is 2.01. The molecule has 0 unspecified atom stereocenters. The Morgan fingerprint density at radius 1 is 1.08 bits per heavy atom. The molecule has 0 bridgehead atoms. The summed E-state index contributed by atoms with van der Waals surface area (Å²) in [6, 6.07) is 18.3. The lowest BCUT2D eigenvalue weighted by Gasteiger charge is -2.34. The lowest BCUT2D eigenvalue weighted by Crippen LogP contribution is -2.33. The summed E-state index contributed by atoms with van der Waals surface area (Å²) in [7, 11) is 0. The Morgan fingerprint density at radius 3 is 2.72 bits per heavy atom. The van der Waals surface area contributed by atoms with Gasteiger partial charge in [-0.3, -0.25) is 4.98 Å². The van der Waals surface area contributed by atoms with Crippen molar-refractivity contribution in [3.63, 3.8) is 0 Å². The van der Waals surface area contributed by atoms with E-state index < -0.39 is 0 Å². The van der Waals surface area contributed by atoms with Gasteiger partial charge in [0.05, 0.1) is 17.1 Å². The molecule has 4 rings (SSSR count). The average molecular weight is 348 g/mol. The van der Waals surface area contributed by atoms with Gasteiger partial charge in [-0.2, -0.15) is 5.26 Å². The van der Waals surface area contributed by atoms with Crippen LogP contribution in [0.4, 0.5) is 5.69 Å². The third-order valence-electron chi connectivity index (χ3n) is 5.00. The van der Waals surface area contributed by atoms with Crippen LogP contribution in [0, 0.1) is 11.3 Å². The van der Waals surface area contributed by atoms with Crippen molar-refractivity contribution in [3.05, 3.63) is 70.9 Å². The zero-order valence-electron chi connectivity index (χ0n) is 13.8. The molecule has 1 aliphatic heterocycles. The minimum atomic E-state index is 0.520. The van der Waals surface area contributed by atoms with Crippen LogP contribution in [0.2, 0.25) is 5.02 Å². The third kappa shape index (κ3) is 3.18. The van der Waals surface area contributed by atoms with Gasteiger partial charge in [0.2, 0.25) is 0 Å². The van der Waals surface area contributed by atoms with Gasteiger partial charge in [-0.05, 0) is 60.7 Å². The van der Waals surface area contributed by atoms with Crippen molar-refractivity contribution in [2.75, 3.05) is 18.0 Å². The highest BCUT2D eigenvalue weighted by Gasteiger charge is 2.22. The predicted octanol–water partition coefficient (Wildman–Crippen LogP) is 5.14. The first-order valence-electron chi connectivity index (χ1n) is 8.54. The van der Waals surface area contributed by atoms with Crippen molar-refractivity contribution in [2.45, 2.75) is 18.8 Å². The number of fused-ring (bicyclic) bond motifs is 1. The molecule has 0 N–H and O–H groups in total. The molecule has 1 aromatic heterocycles. The standard InChI is InChI=1S/C21H18ClN3/c22-18-4-5-19-20(13-18)24-9-6-21(19)25-10-7-16(8-11-25)17-3-1-2-15(12-17)14-23/h1-6,9,12-13,16H,7-8,10-11H2. The highest BCUT2D eigenvalue weighted by Crippen LogP contribution is 2.34. The summed E-state index contributed by atoms with van der Waals surface area (Å²) in [5.41, 5.74) is 4.20. The zero-order valence-corrected chi connectivity index (χ0v) is 14.6. The Hall–Kier alpha value is -2.57. The van der Waals surface area contributed by atoms with Crippen molar-refractivity contribution in [3.8, 4) is 6.07 Å². The van der Waals surface area contributed by atoms with Crippen LogP contribution in [-0.4, -0.2) is 18.1 Å². The monoisotopic (exact) mass is 347 g/mol. The van der Waals surface area contributed by atoms with Gasteiger partial charge in [0.15, 0.2) is 0 Å². The highest BCUT2D eigenvalue weighted by molar-refractivity contribution is 6.31. The van der Waals surface area contributed by atoms with E-state index in [4.69, 9.17) is 16.9 Å². The van der Waals surface area contributed by atoms with Crippen molar-refractivity contribution < 1.29 is 0 Å². The average Bonchev–Trinajstić information content (AvgIpc) is 2.67. The lowest BCUT2D eigenvalue weighted by atomic mass is 9.88. The maximum absolute atomic E-state index is 9.10. The molecule has 25 heavy (non-hydrogen) atoms. The second-order valence-electron chi connectivity index (χ2n) is 6.49. The van der Waals surface area contributed by atoms with E-state index in [0.29, 0.717) is 10.9 Å². The Morgan fingerprint density at radius 2 is 1.92 bits per heavy atom. The van der Waals surface area contributed by atoms with Gasteiger partial charge in [-0.1, -0.05) is 23.7 Å². The number of anilines is 1. The summed E-state index contributed by atoms with van der Waals surface area (Å²) in [5.74, 6) is 0.520. The summed E-state index contributed by atoms with van der Waals surface area (Å²) in [5, 5.41) is 11.0. The molecule has 3 aromatic rings. The smallest absolute Gasteiger partial charge is 0.0991 e. The molecule has 0 radical (unpaired) electrons.